The molecular weight excluding hydrogens is 307 g/mol. The highest BCUT2D eigenvalue weighted by Gasteiger charge is 2.14. The summed E-state index contributed by atoms with van der Waals surface area (Å²) in [5.74, 6) is -1.63. The van der Waals surface area contributed by atoms with Gasteiger partial charge in [0.1, 0.15) is 11.6 Å². The van der Waals surface area contributed by atoms with E-state index >= 15 is 0 Å². The second-order valence-electron chi connectivity index (χ2n) is 3.91. The summed E-state index contributed by atoms with van der Waals surface area (Å²) in [4.78, 5) is 22.9. The number of Topliss-reactive ketones (excluding diaryl/α,β-unsaturated/α-hetero) is 1. The molecule has 1 rings (SSSR count). The summed E-state index contributed by atoms with van der Waals surface area (Å²) in [6, 6.07) is 3.64. The van der Waals surface area contributed by atoms with Gasteiger partial charge in [0.15, 0.2) is 0 Å². The van der Waals surface area contributed by atoms with Crippen LogP contribution in [0.5, 0.6) is 0 Å². The predicted octanol–water partition coefficient (Wildman–Crippen LogP) is 2.50. The molecule has 0 aliphatic carbocycles. The summed E-state index contributed by atoms with van der Waals surface area (Å²) >= 11 is 5.58. The van der Waals surface area contributed by atoms with Gasteiger partial charge in [0.25, 0.3) is 0 Å². The standard InChI is InChI=1S/C13H14ClFO4S/c1-2-19-13(17)6-3-9(16)8-20(18)10-4-5-12(15)11(14)7-10/h4-5,7H,2-3,6,8H2,1H3. The summed E-state index contributed by atoms with van der Waals surface area (Å²) in [5.41, 5.74) is 0. The number of hydrogen-bond acceptors (Lipinski definition) is 4. The van der Waals surface area contributed by atoms with Crippen molar-refractivity contribution in [2.24, 2.45) is 0 Å². The van der Waals surface area contributed by atoms with E-state index in [0.29, 0.717) is 0 Å². The van der Waals surface area contributed by atoms with Crippen molar-refractivity contribution in [2.75, 3.05) is 12.4 Å². The molecule has 1 aromatic rings. The smallest absolute Gasteiger partial charge is 0.306 e. The highest BCUT2D eigenvalue weighted by atomic mass is 35.5. The van der Waals surface area contributed by atoms with Crippen LogP contribution >= 0.6 is 11.6 Å². The molecule has 0 amide bonds. The summed E-state index contributed by atoms with van der Waals surface area (Å²) in [7, 11) is -1.60. The molecular formula is C13H14ClFO4S. The normalized spacial score (nSPS) is 11.9. The highest BCUT2D eigenvalue weighted by Crippen LogP contribution is 2.18. The Bertz CT molecular complexity index is 533. The number of rotatable bonds is 7. The third-order valence-corrected chi connectivity index (χ3v) is 4.01. The second-order valence-corrected chi connectivity index (χ2v) is 5.77. The SMILES string of the molecule is CCOC(=O)CCC(=O)CS(=O)c1ccc(F)c(Cl)c1. The first-order valence-corrected chi connectivity index (χ1v) is 7.64. The first-order valence-electron chi connectivity index (χ1n) is 5.94. The minimum atomic E-state index is -1.60. The Balaban J connectivity index is 2.51. The molecule has 1 aromatic carbocycles. The van der Waals surface area contributed by atoms with E-state index in [-0.39, 0.29) is 40.9 Å². The van der Waals surface area contributed by atoms with E-state index in [4.69, 9.17) is 11.6 Å². The van der Waals surface area contributed by atoms with Gasteiger partial charge in [0, 0.05) is 11.3 Å². The largest absolute Gasteiger partial charge is 0.466 e. The van der Waals surface area contributed by atoms with E-state index in [2.05, 4.69) is 4.74 Å². The maximum Gasteiger partial charge on any atom is 0.306 e. The molecule has 0 N–H and O–H groups in total. The first-order chi connectivity index (χ1) is 9.43. The third-order valence-electron chi connectivity index (χ3n) is 2.36. The Kier molecular flexibility index (Phi) is 6.81. The second kappa shape index (κ2) is 8.11. The van der Waals surface area contributed by atoms with Gasteiger partial charge in [-0.15, -0.1) is 0 Å². The quantitative estimate of drug-likeness (QED) is 0.724. The minimum absolute atomic E-state index is 0.0283. The Morgan fingerprint density at radius 2 is 2.05 bits per heavy atom. The Morgan fingerprint density at radius 3 is 2.65 bits per heavy atom. The molecule has 0 radical (unpaired) electrons. The van der Waals surface area contributed by atoms with Gasteiger partial charge in [-0.25, -0.2) is 4.39 Å². The van der Waals surface area contributed by atoms with Crippen LogP contribution in [0.3, 0.4) is 0 Å². The molecule has 0 aliphatic rings. The summed E-state index contributed by atoms with van der Waals surface area (Å²) in [6.07, 6.45) is -0.0620. The number of ether oxygens (including phenoxy) is 1. The van der Waals surface area contributed by atoms with Gasteiger partial charge in [-0.2, -0.15) is 0 Å². The van der Waals surface area contributed by atoms with Crippen LogP contribution in [0.25, 0.3) is 0 Å². The van der Waals surface area contributed by atoms with Crippen molar-refractivity contribution >= 4 is 34.2 Å². The van der Waals surface area contributed by atoms with Crippen molar-refractivity contribution in [3.05, 3.63) is 29.0 Å². The molecule has 4 nitrogen and oxygen atoms in total. The van der Waals surface area contributed by atoms with Crippen LogP contribution in [0.1, 0.15) is 19.8 Å². The van der Waals surface area contributed by atoms with Gasteiger partial charge < -0.3 is 4.74 Å². The number of ketones is 1. The number of carbonyl (C=O) groups is 2. The summed E-state index contributed by atoms with van der Waals surface area (Å²) in [5, 5.41) is -0.144. The number of esters is 1. The fraction of sp³-hybridized carbons (Fsp3) is 0.385. The van der Waals surface area contributed by atoms with Crippen molar-refractivity contribution in [1.82, 2.24) is 0 Å². The van der Waals surface area contributed by atoms with E-state index in [1.807, 2.05) is 0 Å². The third kappa shape index (κ3) is 5.38. The lowest BCUT2D eigenvalue weighted by molar-refractivity contribution is -0.144. The van der Waals surface area contributed by atoms with E-state index in [9.17, 15) is 18.2 Å². The maximum absolute atomic E-state index is 13.0. The molecule has 20 heavy (non-hydrogen) atoms. The van der Waals surface area contributed by atoms with Gasteiger partial charge in [-0.3, -0.25) is 13.8 Å². The van der Waals surface area contributed by atoms with Gasteiger partial charge in [-0.1, -0.05) is 11.6 Å². The maximum atomic E-state index is 13.0. The van der Waals surface area contributed by atoms with Gasteiger partial charge in [0.2, 0.25) is 0 Å². The molecule has 0 bridgehead atoms. The molecule has 0 saturated heterocycles. The molecule has 0 spiro atoms. The molecule has 0 saturated carbocycles. The molecule has 1 unspecified atom stereocenters. The lowest BCUT2D eigenvalue weighted by Gasteiger charge is -2.04. The van der Waals surface area contributed by atoms with Crippen LogP contribution in [-0.2, 0) is 25.1 Å². The van der Waals surface area contributed by atoms with Crippen LogP contribution in [0.4, 0.5) is 4.39 Å². The lowest BCUT2D eigenvalue weighted by atomic mass is 10.2. The molecule has 0 heterocycles. The molecule has 7 heteroatoms. The van der Waals surface area contributed by atoms with Gasteiger partial charge >= 0.3 is 5.97 Å². The van der Waals surface area contributed by atoms with Gasteiger partial charge in [-0.05, 0) is 25.1 Å². The Morgan fingerprint density at radius 1 is 1.35 bits per heavy atom. The Hall–Kier alpha value is -1.27. The van der Waals surface area contributed by atoms with Crippen molar-refractivity contribution in [2.45, 2.75) is 24.7 Å². The lowest BCUT2D eigenvalue weighted by Crippen LogP contribution is -2.13. The molecule has 1 atom stereocenters. The topological polar surface area (TPSA) is 60.4 Å². The fourth-order valence-electron chi connectivity index (χ4n) is 1.39. The fourth-order valence-corrected chi connectivity index (χ4v) is 2.71. The van der Waals surface area contributed by atoms with Crippen molar-refractivity contribution < 1.29 is 22.9 Å². The minimum Gasteiger partial charge on any atom is -0.466 e. The van der Waals surface area contributed by atoms with E-state index in [1.165, 1.54) is 12.1 Å². The number of benzene rings is 1. The number of hydrogen-bond donors (Lipinski definition) is 0. The van der Waals surface area contributed by atoms with Gasteiger partial charge in [0.05, 0.1) is 34.6 Å². The van der Waals surface area contributed by atoms with Crippen LogP contribution in [0, 0.1) is 5.82 Å². The van der Waals surface area contributed by atoms with Crippen molar-refractivity contribution in [1.29, 1.82) is 0 Å². The zero-order valence-corrected chi connectivity index (χ0v) is 12.4. The van der Waals surface area contributed by atoms with E-state index < -0.39 is 22.6 Å². The molecule has 0 aliphatic heterocycles. The van der Waals surface area contributed by atoms with Crippen LogP contribution in [-0.4, -0.2) is 28.3 Å². The van der Waals surface area contributed by atoms with Crippen molar-refractivity contribution in [3.63, 3.8) is 0 Å². The van der Waals surface area contributed by atoms with Crippen molar-refractivity contribution in [3.8, 4) is 0 Å². The average Bonchev–Trinajstić information content (AvgIpc) is 2.40. The van der Waals surface area contributed by atoms with E-state index in [1.54, 1.807) is 6.92 Å². The first kappa shape index (κ1) is 16.8. The highest BCUT2D eigenvalue weighted by molar-refractivity contribution is 7.85. The average molecular weight is 321 g/mol. The zero-order chi connectivity index (χ0) is 15.1. The van der Waals surface area contributed by atoms with Crippen LogP contribution in [0.2, 0.25) is 5.02 Å². The van der Waals surface area contributed by atoms with Crippen LogP contribution < -0.4 is 0 Å². The molecule has 110 valence electrons. The monoisotopic (exact) mass is 320 g/mol. The summed E-state index contributed by atoms with van der Waals surface area (Å²) in [6.45, 7) is 1.93. The number of halogens is 2. The van der Waals surface area contributed by atoms with Crippen LogP contribution in [0.15, 0.2) is 23.1 Å². The number of carbonyl (C=O) groups excluding carboxylic acids is 2. The Labute approximate surface area is 123 Å². The summed E-state index contributed by atoms with van der Waals surface area (Å²) < 4.78 is 29.5. The van der Waals surface area contributed by atoms with E-state index in [0.717, 1.165) is 6.07 Å². The molecule has 0 fully saturated rings. The zero-order valence-electron chi connectivity index (χ0n) is 10.9. The predicted molar refractivity (Wildman–Crippen MR) is 73.6 cm³/mol. The molecule has 0 aromatic heterocycles.